The smallest absolute Gasteiger partial charge is 0 e. The largest absolute Gasteiger partial charge is 0 e. The molecule has 0 N–H and O–H groups in total. The standard InChI is InChI=1S/C2H3O.4ClH.4Co/c1-2-3;;;;;;;;/h1H3;4*1H;;;;/q;;;;;;;;+4/p-4. The van der Waals surface area contributed by atoms with Crippen molar-refractivity contribution in [1.82, 2.24) is 0 Å². The Bertz CT molecular complexity index is 121. The van der Waals surface area contributed by atoms with E-state index in [1.165, 1.54) is 0 Å². The van der Waals surface area contributed by atoms with Gasteiger partial charge in [-0.1, -0.05) is 0 Å². The van der Waals surface area contributed by atoms with Gasteiger partial charge in [0.1, 0.15) is 0 Å². The molecule has 11 heavy (non-hydrogen) atoms. The zero-order valence-electron chi connectivity index (χ0n) is 4.75. The van der Waals surface area contributed by atoms with E-state index in [2.05, 4.69) is 0 Å². The van der Waals surface area contributed by atoms with Crippen molar-refractivity contribution in [3.05, 3.63) is 0 Å². The predicted molar refractivity (Wildman–Crippen MR) is 34.1 cm³/mol. The van der Waals surface area contributed by atoms with Gasteiger partial charge < -0.3 is 0 Å². The molecule has 0 aliphatic heterocycles. The van der Waals surface area contributed by atoms with Crippen LogP contribution in [-0.4, -0.2) is 4.72 Å². The molecule has 1 nitrogen and oxygen atoms in total. The van der Waals surface area contributed by atoms with E-state index < -0.39 is 12.7 Å². The van der Waals surface area contributed by atoms with E-state index in [0.717, 1.165) is 6.92 Å². The van der Waals surface area contributed by atoms with Gasteiger partial charge in [-0.25, -0.2) is 0 Å². The Morgan fingerprint density at radius 1 is 1.00 bits per heavy atom. The predicted octanol–water partition coefficient (Wildman–Crippen LogP) is 2.83. The number of hydrogen-bond donors (Lipinski definition) is 0. The summed E-state index contributed by atoms with van der Waals surface area (Å²) in [5, 5.41) is 0. The van der Waals surface area contributed by atoms with E-state index >= 15 is 0 Å². The Hall–Kier alpha value is 2.86. The van der Waals surface area contributed by atoms with Gasteiger partial charge in [0.15, 0.2) is 0 Å². The fraction of sp³-hybridized carbons (Fsp3) is 0.500. The fourth-order valence-electron chi connectivity index (χ4n) is 0. The van der Waals surface area contributed by atoms with E-state index in [4.69, 9.17) is 40.6 Å². The first kappa shape index (κ1) is 23.6. The van der Waals surface area contributed by atoms with Crippen molar-refractivity contribution in [1.29, 1.82) is 0 Å². The molecule has 0 aliphatic carbocycles. The van der Waals surface area contributed by atoms with Crippen molar-refractivity contribution in [2.75, 3.05) is 0 Å². The number of hydrogen-bond acceptors (Lipinski definition) is 1. The summed E-state index contributed by atoms with van der Waals surface area (Å²) in [6.45, 7) is 1.15. The van der Waals surface area contributed by atoms with Crippen LogP contribution in [0, 0.1) is 0 Å². The molecule has 0 amide bonds. The number of halogens is 4. The molecule has 0 unspecified atom stereocenters. The number of carbonyl (C=O) groups is 1. The molecule has 0 saturated carbocycles. The molecule has 9 heteroatoms. The molecule has 0 heterocycles. The van der Waals surface area contributed by atoms with Crippen LogP contribution < -0.4 is 0 Å². The first-order chi connectivity index (χ1) is 3.20. The summed E-state index contributed by atoms with van der Waals surface area (Å²) in [6.07, 6.45) is 0. The van der Waals surface area contributed by atoms with Gasteiger partial charge in [-0.05, 0) is 0 Å². The third-order valence-corrected chi connectivity index (χ3v) is 4.39. The molecule has 0 fully saturated rings. The maximum Gasteiger partial charge on any atom is 0 e. The van der Waals surface area contributed by atoms with E-state index in [9.17, 15) is 4.79 Å². The van der Waals surface area contributed by atoms with Crippen molar-refractivity contribution < 1.29 is 63.1 Å². The van der Waals surface area contributed by atoms with Crippen LogP contribution in [0.5, 0.6) is 0 Å². The number of carbonyl (C=O) groups excluding carboxylic acids is 1. The summed E-state index contributed by atoms with van der Waals surface area (Å²) in [4.78, 5) is 10.3. The summed E-state index contributed by atoms with van der Waals surface area (Å²) >= 11 is 0. The first-order valence-corrected chi connectivity index (χ1v) is 7.62. The van der Waals surface area contributed by atoms with Gasteiger partial charge in [0, 0.05) is 50.3 Å². The zero-order valence-corrected chi connectivity index (χ0v) is 11.9. The van der Waals surface area contributed by atoms with Gasteiger partial charge in [0.2, 0.25) is 0 Å². The fourth-order valence-corrected chi connectivity index (χ4v) is 0. The molecule has 0 saturated heterocycles. The second-order valence-electron chi connectivity index (χ2n) is 0.977. The average Bonchev–Trinajstić information content (AvgIpc) is 1.27. The van der Waals surface area contributed by atoms with E-state index in [1.54, 1.807) is 0 Å². The van der Waals surface area contributed by atoms with E-state index in [-0.39, 0.29) is 50.3 Å². The molecular weight excluding hydrogens is 418 g/mol. The van der Waals surface area contributed by atoms with Gasteiger partial charge in [-0.2, -0.15) is 0 Å². The maximum absolute atomic E-state index is 10.3. The molecule has 0 aliphatic rings. The Balaban J connectivity index is -0.0000000817. The average molecular weight is 421 g/mol. The Morgan fingerprint density at radius 3 is 1.09 bits per heavy atom. The molecule has 81 valence electrons. The first-order valence-electron chi connectivity index (χ1n) is 1.37. The molecular formula is C2H3Cl4Co4O. The van der Waals surface area contributed by atoms with Crippen molar-refractivity contribution in [3.63, 3.8) is 0 Å². The van der Waals surface area contributed by atoms with Crippen molar-refractivity contribution in [2.24, 2.45) is 0 Å². The number of rotatable bonds is 1. The Labute approximate surface area is 114 Å². The molecule has 0 aromatic rings. The van der Waals surface area contributed by atoms with Crippen molar-refractivity contribution in [2.45, 2.75) is 6.92 Å². The zero-order chi connectivity index (χ0) is 7.02. The van der Waals surface area contributed by atoms with Crippen LogP contribution in [0.4, 0.5) is 0 Å². The van der Waals surface area contributed by atoms with Gasteiger partial charge in [-0.3, -0.25) is 0 Å². The topological polar surface area (TPSA) is 17.1 Å². The van der Waals surface area contributed by atoms with Gasteiger partial charge in [0.25, 0.3) is 0 Å². The van der Waals surface area contributed by atoms with Crippen molar-refractivity contribution in [3.8, 4) is 0 Å². The van der Waals surface area contributed by atoms with Crippen LogP contribution in [0.1, 0.15) is 6.92 Å². The molecule has 3 radical (unpaired) electrons. The van der Waals surface area contributed by atoms with Gasteiger partial charge in [0.05, 0.1) is 0 Å². The third kappa shape index (κ3) is 12.9. The minimum atomic E-state index is -3.92. The summed E-state index contributed by atoms with van der Waals surface area (Å²) < 4.78 is -0.582. The maximum atomic E-state index is 10.3. The van der Waals surface area contributed by atoms with Crippen LogP contribution in [-0.2, 0) is 63.1 Å². The van der Waals surface area contributed by atoms with E-state index in [1.807, 2.05) is 0 Å². The summed E-state index contributed by atoms with van der Waals surface area (Å²) in [5.74, 6) is 0. The minimum absolute atomic E-state index is 0. The molecule has 0 aromatic carbocycles. The third-order valence-electron chi connectivity index (χ3n) is 0.355. The minimum Gasteiger partial charge on any atom is 0 e. The van der Waals surface area contributed by atoms with E-state index in [0.29, 0.717) is 0 Å². The molecule has 0 atom stereocenters. The second kappa shape index (κ2) is 7.19. The normalized spacial score (nSPS) is 12.3. The van der Waals surface area contributed by atoms with Crippen LogP contribution in [0.25, 0.3) is 0 Å². The van der Waals surface area contributed by atoms with Crippen molar-refractivity contribution >= 4 is 45.3 Å². The van der Waals surface area contributed by atoms with Crippen LogP contribution in [0.2, 0.25) is 0 Å². The van der Waals surface area contributed by atoms with Gasteiger partial charge >= 0.3 is 65.0 Å². The molecule has 0 aromatic heterocycles. The monoisotopic (exact) mass is 419 g/mol. The summed E-state index contributed by atoms with van der Waals surface area (Å²) in [7, 11) is 16.9. The summed E-state index contributed by atoms with van der Waals surface area (Å²) in [5.41, 5.74) is 0. The van der Waals surface area contributed by atoms with Gasteiger partial charge in [-0.15, -0.1) is 0 Å². The molecule has 0 bridgehead atoms. The molecule has 0 rings (SSSR count). The SMILES string of the molecule is C[C](=O)[Co]([Cl])([Cl])([Cl])[Cl].[Co].[Co].[Co]. The van der Waals surface area contributed by atoms with Crippen LogP contribution in [0.15, 0.2) is 0 Å². The molecule has 0 spiro atoms. The Morgan fingerprint density at radius 2 is 1.09 bits per heavy atom. The second-order valence-corrected chi connectivity index (χ2v) is 14.9. The van der Waals surface area contributed by atoms with Crippen LogP contribution >= 0.6 is 40.6 Å². The van der Waals surface area contributed by atoms with Crippen LogP contribution in [0.3, 0.4) is 0 Å². The Kier molecular flexibility index (Phi) is 15.4. The summed E-state index contributed by atoms with van der Waals surface area (Å²) in [6, 6.07) is 0. The quantitative estimate of drug-likeness (QED) is 0.638.